The Hall–Kier alpha value is -3.54. The van der Waals surface area contributed by atoms with Crippen molar-refractivity contribution in [3.63, 3.8) is 0 Å². The zero-order chi connectivity index (χ0) is 22.4. The molecular weight excluding hydrogens is 392 g/mol. The van der Waals surface area contributed by atoms with Gasteiger partial charge in [0.05, 0.1) is 26.3 Å². The quantitative estimate of drug-likeness (QED) is 0.573. The summed E-state index contributed by atoms with van der Waals surface area (Å²) in [5, 5.41) is 7.87. The number of methoxy groups -OCH3 is 2. The first-order chi connectivity index (χ1) is 14.9. The minimum atomic E-state index is -0.686. The summed E-state index contributed by atoms with van der Waals surface area (Å²) in [6, 6.07) is 18.3. The van der Waals surface area contributed by atoms with Crippen molar-refractivity contribution < 1.29 is 19.1 Å². The first-order valence-corrected chi connectivity index (χ1v) is 10.2. The molecule has 3 aromatic carbocycles. The van der Waals surface area contributed by atoms with Crippen LogP contribution in [0.15, 0.2) is 60.7 Å². The zero-order valence-electron chi connectivity index (χ0n) is 18.3. The fourth-order valence-electron chi connectivity index (χ4n) is 3.49. The summed E-state index contributed by atoms with van der Waals surface area (Å²) >= 11 is 0. The molecule has 0 bridgehead atoms. The second-order valence-electron chi connectivity index (χ2n) is 7.66. The Morgan fingerprint density at radius 3 is 2.39 bits per heavy atom. The van der Waals surface area contributed by atoms with Gasteiger partial charge < -0.3 is 20.1 Å². The van der Waals surface area contributed by atoms with Crippen LogP contribution in [0.2, 0.25) is 0 Å². The van der Waals surface area contributed by atoms with Crippen molar-refractivity contribution in [1.29, 1.82) is 0 Å². The lowest BCUT2D eigenvalue weighted by molar-refractivity contribution is -0.127. The third-order valence-electron chi connectivity index (χ3n) is 5.16. The molecule has 0 aliphatic heterocycles. The molecule has 2 amide bonds. The Kier molecular flexibility index (Phi) is 7.13. The van der Waals surface area contributed by atoms with E-state index in [0.717, 1.165) is 16.3 Å². The molecule has 31 heavy (non-hydrogen) atoms. The minimum Gasteiger partial charge on any atom is -0.497 e. The van der Waals surface area contributed by atoms with Gasteiger partial charge in [0.2, 0.25) is 11.8 Å². The third kappa shape index (κ3) is 5.34. The van der Waals surface area contributed by atoms with Crippen molar-refractivity contribution >= 4 is 28.3 Å². The molecule has 0 fully saturated rings. The number of hydrogen-bond acceptors (Lipinski definition) is 4. The normalized spacial score (nSPS) is 11.8. The summed E-state index contributed by atoms with van der Waals surface area (Å²) < 4.78 is 10.5. The third-order valence-corrected chi connectivity index (χ3v) is 5.16. The van der Waals surface area contributed by atoms with Crippen LogP contribution in [0.25, 0.3) is 10.8 Å². The summed E-state index contributed by atoms with van der Waals surface area (Å²) in [7, 11) is 3.09. The van der Waals surface area contributed by atoms with Gasteiger partial charge in [-0.05, 0) is 34.4 Å². The predicted molar refractivity (Wildman–Crippen MR) is 123 cm³/mol. The number of fused-ring (bicyclic) bond motifs is 1. The van der Waals surface area contributed by atoms with Crippen LogP contribution in [0, 0.1) is 5.92 Å². The van der Waals surface area contributed by atoms with Gasteiger partial charge in [-0.1, -0.05) is 56.3 Å². The SMILES string of the molecule is COc1ccc(NC(=O)[C@@H](NC(=O)Cc2cccc3ccccc23)C(C)C)c(OC)c1. The highest BCUT2D eigenvalue weighted by Crippen LogP contribution is 2.29. The average molecular weight is 421 g/mol. The number of amides is 2. The van der Waals surface area contributed by atoms with Crippen molar-refractivity contribution in [2.75, 3.05) is 19.5 Å². The summed E-state index contributed by atoms with van der Waals surface area (Å²) in [4.78, 5) is 25.8. The second-order valence-corrected chi connectivity index (χ2v) is 7.66. The van der Waals surface area contributed by atoms with E-state index in [1.54, 1.807) is 25.3 Å². The Labute approximate surface area is 182 Å². The van der Waals surface area contributed by atoms with Gasteiger partial charge in [0, 0.05) is 6.07 Å². The topological polar surface area (TPSA) is 76.7 Å². The molecule has 6 nitrogen and oxygen atoms in total. The average Bonchev–Trinajstić information content (AvgIpc) is 2.77. The zero-order valence-corrected chi connectivity index (χ0v) is 18.3. The molecular formula is C25H28N2O4. The fourth-order valence-corrected chi connectivity index (χ4v) is 3.49. The number of carbonyl (C=O) groups excluding carboxylic acids is 2. The lowest BCUT2D eigenvalue weighted by Gasteiger charge is -2.22. The summed E-state index contributed by atoms with van der Waals surface area (Å²) in [5.74, 6) is 0.508. The van der Waals surface area contributed by atoms with Crippen molar-refractivity contribution in [3.8, 4) is 11.5 Å². The Morgan fingerprint density at radius 1 is 0.935 bits per heavy atom. The fraction of sp³-hybridized carbons (Fsp3) is 0.280. The molecule has 162 valence electrons. The van der Waals surface area contributed by atoms with Crippen LogP contribution in [0.5, 0.6) is 11.5 Å². The highest BCUT2D eigenvalue weighted by molar-refractivity contribution is 5.99. The molecule has 6 heteroatoms. The lowest BCUT2D eigenvalue weighted by Crippen LogP contribution is -2.47. The number of rotatable bonds is 8. The van der Waals surface area contributed by atoms with Gasteiger partial charge in [-0.15, -0.1) is 0 Å². The smallest absolute Gasteiger partial charge is 0.247 e. The Bertz CT molecular complexity index is 1070. The van der Waals surface area contributed by atoms with E-state index >= 15 is 0 Å². The Morgan fingerprint density at radius 2 is 1.68 bits per heavy atom. The van der Waals surface area contributed by atoms with Gasteiger partial charge >= 0.3 is 0 Å². The second kappa shape index (κ2) is 9.98. The predicted octanol–water partition coefficient (Wildman–Crippen LogP) is 4.18. The molecule has 0 saturated carbocycles. The van der Waals surface area contributed by atoms with Crippen molar-refractivity contribution in [2.45, 2.75) is 26.3 Å². The highest BCUT2D eigenvalue weighted by Gasteiger charge is 2.25. The van der Waals surface area contributed by atoms with E-state index in [1.165, 1.54) is 7.11 Å². The maximum absolute atomic E-state index is 13.0. The van der Waals surface area contributed by atoms with E-state index < -0.39 is 6.04 Å². The highest BCUT2D eigenvalue weighted by atomic mass is 16.5. The number of benzene rings is 3. The minimum absolute atomic E-state index is 0.0966. The number of ether oxygens (including phenoxy) is 2. The lowest BCUT2D eigenvalue weighted by atomic mass is 10.00. The summed E-state index contributed by atoms with van der Waals surface area (Å²) in [5.41, 5.74) is 1.44. The molecule has 0 aliphatic carbocycles. The number of nitrogens with one attached hydrogen (secondary N) is 2. The van der Waals surface area contributed by atoms with E-state index in [-0.39, 0.29) is 24.2 Å². The van der Waals surface area contributed by atoms with Gasteiger partial charge in [0.1, 0.15) is 17.5 Å². The molecule has 3 rings (SSSR count). The molecule has 0 aromatic heterocycles. The van der Waals surface area contributed by atoms with Crippen molar-refractivity contribution in [1.82, 2.24) is 5.32 Å². The van der Waals surface area contributed by atoms with Crippen LogP contribution < -0.4 is 20.1 Å². The van der Waals surface area contributed by atoms with Gasteiger partial charge in [0.25, 0.3) is 0 Å². The molecule has 0 aliphatic rings. The maximum atomic E-state index is 13.0. The molecule has 1 atom stereocenters. The van der Waals surface area contributed by atoms with Crippen LogP contribution in [-0.2, 0) is 16.0 Å². The van der Waals surface area contributed by atoms with Gasteiger partial charge in [-0.3, -0.25) is 9.59 Å². The van der Waals surface area contributed by atoms with Crippen LogP contribution in [-0.4, -0.2) is 32.1 Å². The molecule has 0 heterocycles. The first kappa shape index (κ1) is 22.2. The van der Waals surface area contributed by atoms with Crippen LogP contribution in [0.3, 0.4) is 0 Å². The van der Waals surface area contributed by atoms with Crippen molar-refractivity contribution in [2.24, 2.45) is 5.92 Å². The van der Waals surface area contributed by atoms with E-state index in [4.69, 9.17) is 9.47 Å². The summed E-state index contributed by atoms with van der Waals surface area (Å²) in [6.45, 7) is 3.79. The molecule has 0 unspecified atom stereocenters. The van der Waals surface area contributed by atoms with E-state index in [1.807, 2.05) is 56.3 Å². The van der Waals surface area contributed by atoms with Crippen molar-refractivity contribution in [3.05, 3.63) is 66.2 Å². The molecule has 2 N–H and O–H groups in total. The standard InChI is InChI=1S/C25H28N2O4/c1-16(2)24(25(29)26-21-13-12-19(30-3)15-22(21)31-4)27-23(28)14-18-10-7-9-17-8-5-6-11-20(17)18/h5-13,15-16,24H,14H2,1-4H3,(H,26,29)(H,27,28)/t24-/m0/s1. The monoisotopic (exact) mass is 420 g/mol. The molecule has 0 spiro atoms. The maximum Gasteiger partial charge on any atom is 0.247 e. The number of anilines is 1. The van der Waals surface area contributed by atoms with Crippen LogP contribution in [0.4, 0.5) is 5.69 Å². The number of hydrogen-bond donors (Lipinski definition) is 2. The van der Waals surface area contributed by atoms with Gasteiger partial charge in [0.15, 0.2) is 0 Å². The Balaban J connectivity index is 1.73. The van der Waals surface area contributed by atoms with E-state index in [2.05, 4.69) is 10.6 Å². The number of carbonyl (C=O) groups is 2. The first-order valence-electron chi connectivity index (χ1n) is 10.2. The van der Waals surface area contributed by atoms with E-state index in [9.17, 15) is 9.59 Å². The van der Waals surface area contributed by atoms with Gasteiger partial charge in [-0.25, -0.2) is 0 Å². The van der Waals surface area contributed by atoms with Gasteiger partial charge in [-0.2, -0.15) is 0 Å². The summed E-state index contributed by atoms with van der Waals surface area (Å²) in [6.07, 6.45) is 0.198. The molecule has 0 radical (unpaired) electrons. The van der Waals surface area contributed by atoms with E-state index in [0.29, 0.717) is 17.2 Å². The largest absolute Gasteiger partial charge is 0.497 e. The van der Waals surface area contributed by atoms with Crippen LogP contribution >= 0.6 is 0 Å². The molecule has 0 saturated heterocycles. The van der Waals surface area contributed by atoms with Crippen LogP contribution in [0.1, 0.15) is 19.4 Å². The molecule has 3 aromatic rings.